The maximum atomic E-state index is 13.8. The molecule has 0 heterocycles. The van der Waals surface area contributed by atoms with Crippen molar-refractivity contribution in [3.8, 4) is 29.9 Å². The molecule has 6 heteroatoms. The van der Waals surface area contributed by atoms with Crippen LogP contribution in [0.1, 0.15) is 11.1 Å². The molecule has 0 aromatic heterocycles. The molecule has 0 spiro atoms. The van der Waals surface area contributed by atoms with Crippen LogP contribution in [-0.2, 0) is 11.2 Å². The highest BCUT2D eigenvalue weighted by atomic mass is 19.1. The molecule has 146 valence electrons. The third kappa shape index (κ3) is 5.47. The molecule has 5 nitrogen and oxygen atoms in total. The molecular formula is C23H19FN2O3. The highest BCUT2D eigenvalue weighted by molar-refractivity contribution is 6.09. The van der Waals surface area contributed by atoms with Crippen LogP contribution >= 0.6 is 0 Å². The van der Waals surface area contributed by atoms with Crippen molar-refractivity contribution in [3.05, 3.63) is 71.6 Å². The number of rotatable bonds is 8. The fraction of sp³-hybridized carbons (Fsp3) is 0.130. The Morgan fingerprint density at radius 2 is 2.14 bits per heavy atom. The minimum Gasteiger partial charge on any atom is -0.493 e. The predicted octanol–water partition coefficient (Wildman–Crippen LogP) is 4.12. The van der Waals surface area contributed by atoms with Crippen LogP contribution in [0.25, 0.3) is 6.08 Å². The molecule has 0 unspecified atom stereocenters. The summed E-state index contributed by atoms with van der Waals surface area (Å²) in [6.07, 6.45) is 8.79. The first kappa shape index (κ1) is 21.3. The summed E-state index contributed by atoms with van der Waals surface area (Å²) in [5.74, 6) is 1.94. The molecule has 0 fully saturated rings. The van der Waals surface area contributed by atoms with Crippen LogP contribution in [0.5, 0.6) is 11.5 Å². The van der Waals surface area contributed by atoms with Gasteiger partial charge in [0.15, 0.2) is 11.5 Å². The Bertz CT molecular complexity index is 1030. The zero-order valence-electron chi connectivity index (χ0n) is 15.9. The van der Waals surface area contributed by atoms with E-state index < -0.39 is 11.7 Å². The van der Waals surface area contributed by atoms with E-state index >= 15 is 0 Å². The largest absolute Gasteiger partial charge is 0.493 e. The highest BCUT2D eigenvalue weighted by Gasteiger charge is 2.15. The van der Waals surface area contributed by atoms with Gasteiger partial charge >= 0.3 is 0 Å². The average Bonchev–Trinajstić information content (AvgIpc) is 2.72. The molecule has 0 aliphatic carbocycles. The zero-order valence-corrected chi connectivity index (χ0v) is 15.9. The van der Waals surface area contributed by atoms with Gasteiger partial charge in [-0.15, -0.1) is 13.0 Å². The molecule has 0 atom stereocenters. The fourth-order valence-electron chi connectivity index (χ4n) is 2.57. The molecule has 2 aromatic carbocycles. The summed E-state index contributed by atoms with van der Waals surface area (Å²) >= 11 is 0. The lowest BCUT2D eigenvalue weighted by Gasteiger charge is -2.14. The molecule has 1 N–H and O–H groups in total. The number of hydrogen-bond donors (Lipinski definition) is 1. The van der Waals surface area contributed by atoms with Crippen LogP contribution in [0.2, 0.25) is 0 Å². The van der Waals surface area contributed by atoms with Crippen molar-refractivity contribution in [1.82, 2.24) is 0 Å². The van der Waals surface area contributed by atoms with E-state index in [0.29, 0.717) is 23.5 Å². The number of hydrogen-bond acceptors (Lipinski definition) is 4. The van der Waals surface area contributed by atoms with E-state index in [9.17, 15) is 14.4 Å². The smallest absolute Gasteiger partial charge is 0.266 e. The first-order valence-corrected chi connectivity index (χ1v) is 8.59. The topological polar surface area (TPSA) is 71.3 Å². The standard InChI is InChI=1S/C23H19FN2O3/c1-4-8-17-12-16(14-21(28-3)22(17)29-11-5-2)13-18(15-25)23(27)26-20-10-7-6-9-19(20)24/h2,4,6-7,9-10,12-14H,1,8,11H2,3H3,(H,26,27)/b18-13-. The number of carbonyl (C=O) groups is 1. The van der Waals surface area contributed by atoms with Gasteiger partial charge < -0.3 is 14.8 Å². The van der Waals surface area contributed by atoms with E-state index in [0.717, 1.165) is 5.56 Å². The van der Waals surface area contributed by atoms with Gasteiger partial charge in [0.1, 0.15) is 24.1 Å². The molecule has 0 aliphatic rings. The van der Waals surface area contributed by atoms with Crippen LogP contribution in [0.15, 0.2) is 54.6 Å². The zero-order chi connectivity index (χ0) is 21.2. The number of benzene rings is 2. The molecule has 0 aliphatic heterocycles. The van der Waals surface area contributed by atoms with Crippen molar-refractivity contribution in [2.45, 2.75) is 6.42 Å². The Morgan fingerprint density at radius 1 is 1.38 bits per heavy atom. The molecule has 29 heavy (non-hydrogen) atoms. The third-order valence-electron chi connectivity index (χ3n) is 3.84. The number of terminal acetylenes is 1. The first-order chi connectivity index (χ1) is 14.0. The Balaban J connectivity index is 2.41. The summed E-state index contributed by atoms with van der Waals surface area (Å²) in [6.45, 7) is 3.78. The monoisotopic (exact) mass is 390 g/mol. The Labute approximate surface area is 169 Å². The number of nitrogens with one attached hydrogen (secondary N) is 1. The van der Waals surface area contributed by atoms with Crippen molar-refractivity contribution in [3.63, 3.8) is 0 Å². The number of nitriles is 1. The number of methoxy groups -OCH3 is 1. The molecule has 0 radical (unpaired) electrons. The molecule has 2 rings (SSSR count). The second kappa shape index (κ2) is 10.3. The summed E-state index contributed by atoms with van der Waals surface area (Å²) in [7, 11) is 1.47. The second-order valence-electron chi connectivity index (χ2n) is 5.80. The summed E-state index contributed by atoms with van der Waals surface area (Å²) < 4.78 is 24.7. The maximum absolute atomic E-state index is 13.8. The fourth-order valence-corrected chi connectivity index (χ4v) is 2.57. The van der Waals surface area contributed by atoms with E-state index in [1.165, 1.54) is 31.4 Å². The average molecular weight is 390 g/mol. The van der Waals surface area contributed by atoms with Crippen LogP contribution in [-0.4, -0.2) is 19.6 Å². The van der Waals surface area contributed by atoms with E-state index in [2.05, 4.69) is 17.8 Å². The number of carbonyl (C=O) groups excluding carboxylic acids is 1. The summed E-state index contributed by atoms with van der Waals surface area (Å²) in [5.41, 5.74) is 1.05. The maximum Gasteiger partial charge on any atom is 0.266 e. The van der Waals surface area contributed by atoms with Crippen molar-refractivity contribution >= 4 is 17.7 Å². The van der Waals surface area contributed by atoms with Crippen molar-refractivity contribution in [2.24, 2.45) is 0 Å². The van der Waals surface area contributed by atoms with Crippen molar-refractivity contribution in [2.75, 3.05) is 19.0 Å². The molecule has 0 saturated heterocycles. The summed E-state index contributed by atoms with van der Waals surface area (Å²) in [4.78, 5) is 12.4. The second-order valence-corrected chi connectivity index (χ2v) is 5.80. The molecule has 2 aromatic rings. The van der Waals surface area contributed by atoms with Gasteiger partial charge in [0.05, 0.1) is 12.8 Å². The van der Waals surface area contributed by atoms with Gasteiger partial charge in [-0.05, 0) is 42.3 Å². The number of amides is 1. The lowest BCUT2D eigenvalue weighted by atomic mass is 10.0. The van der Waals surface area contributed by atoms with Crippen molar-refractivity contribution in [1.29, 1.82) is 5.26 Å². The van der Waals surface area contributed by atoms with Crippen molar-refractivity contribution < 1.29 is 18.7 Å². The van der Waals surface area contributed by atoms with Gasteiger partial charge in [-0.25, -0.2) is 4.39 Å². The molecular weight excluding hydrogens is 371 g/mol. The van der Waals surface area contributed by atoms with Gasteiger partial charge in [0.2, 0.25) is 0 Å². The SMILES string of the molecule is C#CCOc1c(CC=C)cc(/C=C(/C#N)C(=O)Nc2ccccc2F)cc1OC. The Kier molecular flexibility index (Phi) is 7.59. The third-order valence-corrected chi connectivity index (χ3v) is 3.84. The Hall–Kier alpha value is -4.03. The van der Waals surface area contributed by atoms with Crippen LogP contribution in [0, 0.1) is 29.5 Å². The molecule has 0 bridgehead atoms. The van der Waals surface area contributed by atoms with Gasteiger partial charge in [0.25, 0.3) is 5.91 Å². The number of nitrogens with zero attached hydrogens (tertiary/aromatic N) is 1. The van der Waals surface area contributed by atoms with E-state index in [-0.39, 0.29) is 17.9 Å². The van der Waals surface area contributed by atoms with Gasteiger partial charge in [-0.3, -0.25) is 4.79 Å². The number of para-hydroxylation sites is 1. The number of halogens is 1. The minimum atomic E-state index is -0.727. The highest BCUT2D eigenvalue weighted by Crippen LogP contribution is 2.34. The molecule has 0 saturated carbocycles. The number of ether oxygens (including phenoxy) is 2. The van der Waals surface area contributed by atoms with Gasteiger partial charge in [-0.2, -0.15) is 5.26 Å². The number of allylic oxidation sites excluding steroid dienone is 1. The molecule has 1 amide bonds. The summed E-state index contributed by atoms with van der Waals surface area (Å²) in [6, 6.07) is 10.9. The predicted molar refractivity (Wildman–Crippen MR) is 110 cm³/mol. The van der Waals surface area contributed by atoms with Crippen LogP contribution < -0.4 is 14.8 Å². The number of anilines is 1. The normalized spacial score (nSPS) is 10.4. The Morgan fingerprint density at radius 3 is 2.76 bits per heavy atom. The lowest BCUT2D eigenvalue weighted by Crippen LogP contribution is -2.14. The quantitative estimate of drug-likeness (QED) is 0.319. The van der Waals surface area contributed by atoms with Crippen LogP contribution in [0.4, 0.5) is 10.1 Å². The van der Waals surface area contributed by atoms with E-state index in [1.54, 1.807) is 24.3 Å². The van der Waals surface area contributed by atoms with E-state index in [1.807, 2.05) is 6.07 Å². The first-order valence-electron chi connectivity index (χ1n) is 8.59. The summed E-state index contributed by atoms with van der Waals surface area (Å²) in [5, 5.41) is 11.8. The van der Waals surface area contributed by atoms with Gasteiger partial charge in [0, 0.05) is 5.56 Å². The minimum absolute atomic E-state index is 0.0124. The van der Waals surface area contributed by atoms with E-state index in [4.69, 9.17) is 15.9 Å². The van der Waals surface area contributed by atoms with Gasteiger partial charge in [-0.1, -0.05) is 24.1 Å². The van der Waals surface area contributed by atoms with Crippen LogP contribution in [0.3, 0.4) is 0 Å². The lowest BCUT2D eigenvalue weighted by molar-refractivity contribution is -0.112.